The molecule has 4 nitrogen and oxygen atoms in total. The zero-order valence-corrected chi connectivity index (χ0v) is 19.7. The summed E-state index contributed by atoms with van der Waals surface area (Å²) in [5.74, 6) is 1.67. The predicted molar refractivity (Wildman–Crippen MR) is 130 cm³/mol. The van der Waals surface area contributed by atoms with Crippen LogP contribution in [0.15, 0.2) is 72.8 Å². The van der Waals surface area contributed by atoms with E-state index in [9.17, 15) is 4.79 Å². The molecule has 0 aliphatic carbocycles. The summed E-state index contributed by atoms with van der Waals surface area (Å²) in [6, 6.07) is 23.8. The minimum atomic E-state index is 0.0242. The van der Waals surface area contributed by atoms with E-state index in [2.05, 4.69) is 32.9 Å². The van der Waals surface area contributed by atoms with Gasteiger partial charge >= 0.3 is 0 Å². The first-order valence-corrected chi connectivity index (χ1v) is 11.0. The predicted octanol–water partition coefficient (Wildman–Crippen LogP) is 5.89. The zero-order valence-electron chi connectivity index (χ0n) is 19.7. The highest BCUT2D eigenvalue weighted by atomic mass is 16.5. The summed E-state index contributed by atoms with van der Waals surface area (Å²) >= 11 is 0. The van der Waals surface area contributed by atoms with Crippen molar-refractivity contribution in [2.24, 2.45) is 0 Å². The Labute approximate surface area is 191 Å². The smallest absolute Gasteiger partial charge is 0.254 e. The summed E-state index contributed by atoms with van der Waals surface area (Å²) in [5, 5.41) is 0. The van der Waals surface area contributed by atoms with Crippen LogP contribution in [-0.2, 0) is 18.4 Å². The minimum absolute atomic E-state index is 0.0242. The largest absolute Gasteiger partial charge is 0.497 e. The lowest BCUT2D eigenvalue weighted by molar-refractivity contribution is 0.0744. The number of hydrogen-bond donors (Lipinski definition) is 0. The van der Waals surface area contributed by atoms with Crippen LogP contribution in [0.1, 0.15) is 47.8 Å². The van der Waals surface area contributed by atoms with Gasteiger partial charge in [0.05, 0.1) is 14.2 Å². The van der Waals surface area contributed by atoms with Crippen molar-refractivity contribution < 1.29 is 14.3 Å². The second-order valence-electron chi connectivity index (χ2n) is 8.96. The number of methoxy groups -OCH3 is 2. The number of carbonyl (C=O) groups is 1. The van der Waals surface area contributed by atoms with E-state index in [1.54, 1.807) is 14.2 Å². The lowest BCUT2D eigenvalue weighted by atomic mass is 9.86. The fraction of sp³-hybridized carbons (Fsp3) is 0.321. The fourth-order valence-corrected chi connectivity index (χ4v) is 3.66. The summed E-state index contributed by atoms with van der Waals surface area (Å²) < 4.78 is 10.8. The molecule has 0 saturated heterocycles. The molecule has 3 aromatic carbocycles. The molecule has 0 saturated carbocycles. The molecule has 1 amide bonds. The minimum Gasteiger partial charge on any atom is -0.497 e. The third-order valence-corrected chi connectivity index (χ3v) is 5.66. The number of rotatable bonds is 8. The van der Waals surface area contributed by atoms with E-state index >= 15 is 0 Å². The Hall–Kier alpha value is -3.27. The van der Waals surface area contributed by atoms with Crippen molar-refractivity contribution in [3.63, 3.8) is 0 Å². The van der Waals surface area contributed by atoms with Crippen molar-refractivity contribution in [1.29, 1.82) is 0 Å². The van der Waals surface area contributed by atoms with E-state index in [0.29, 0.717) is 25.1 Å². The quantitative estimate of drug-likeness (QED) is 0.447. The lowest BCUT2D eigenvalue weighted by Gasteiger charge is -2.24. The number of nitrogens with zero attached hydrogens (tertiary/aromatic N) is 1. The van der Waals surface area contributed by atoms with Crippen molar-refractivity contribution >= 4 is 5.91 Å². The first-order chi connectivity index (χ1) is 15.3. The van der Waals surface area contributed by atoms with Crippen molar-refractivity contribution in [2.45, 2.75) is 39.2 Å². The number of hydrogen-bond acceptors (Lipinski definition) is 3. The number of benzene rings is 3. The van der Waals surface area contributed by atoms with Crippen molar-refractivity contribution in [3.8, 4) is 11.5 Å². The van der Waals surface area contributed by atoms with E-state index in [-0.39, 0.29) is 11.3 Å². The normalized spacial score (nSPS) is 11.2. The Balaban J connectivity index is 1.83. The van der Waals surface area contributed by atoms with Gasteiger partial charge in [-0.15, -0.1) is 0 Å². The number of ether oxygens (including phenoxy) is 2. The molecule has 0 atom stereocenters. The standard InChI is InChI=1S/C28H33NO3/c1-28(2,3)24-14-12-23(13-15-24)27(30)29(20-21-10-16-25(31-4)17-11-21)19-18-22-8-6-7-9-26(22)32-5/h6-17H,18-20H2,1-5H3. The van der Waals surface area contributed by atoms with Gasteiger partial charge < -0.3 is 14.4 Å². The summed E-state index contributed by atoms with van der Waals surface area (Å²) in [7, 11) is 3.33. The van der Waals surface area contributed by atoms with Gasteiger partial charge in [-0.1, -0.05) is 63.2 Å². The second-order valence-corrected chi connectivity index (χ2v) is 8.96. The zero-order chi connectivity index (χ0) is 23.1. The Bertz CT molecular complexity index is 1020. The van der Waals surface area contributed by atoms with Gasteiger partial charge in [0, 0.05) is 18.7 Å². The molecule has 0 unspecified atom stereocenters. The van der Waals surface area contributed by atoms with Crippen LogP contribution in [0.25, 0.3) is 0 Å². The van der Waals surface area contributed by atoms with E-state index in [0.717, 1.165) is 22.6 Å². The molecule has 0 aliphatic rings. The molecule has 0 radical (unpaired) electrons. The summed E-state index contributed by atoms with van der Waals surface area (Å²) in [4.78, 5) is 15.4. The first kappa shape index (κ1) is 23.4. The molecule has 0 fully saturated rings. The molecule has 0 heterocycles. The summed E-state index contributed by atoms with van der Waals surface area (Å²) in [6.07, 6.45) is 0.714. The highest BCUT2D eigenvalue weighted by Crippen LogP contribution is 2.24. The van der Waals surface area contributed by atoms with Gasteiger partial charge in [-0.3, -0.25) is 4.79 Å². The van der Waals surface area contributed by atoms with Crippen molar-refractivity contribution in [2.75, 3.05) is 20.8 Å². The first-order valence-electron chi connectivity index (χ1n) is 11.0. The number of carbonyl (C=O) groups excluding carboxylic acids is 1. The molecule has 0 N–H and O–H groups in total. The third-order valence-electron chi connectivity index (χ3n) is 5.66. The van der Waals surface area contributed by atoms with Gasteiger partial charge in [0.1, 0.15) is 11.5 Å². The van der Waals surface area contributed by atoms with Gasteiger partial charge in [0.2, 0.25) is 0 Å². The van der Waals surface area contributed by atoms with Gasteiger partial charge in [0.15, 0.2) is 0 Å². The van der Waals surface area contributed by atoms with Gasteiger partial charge in [0.25, 0.3) is 5.91 Å². The summed E-state index contributed by atoms with van der Waals surface area (Å²) in [6.45, 7) is 7.64. The van der Waals surface area contributed by atoms with Crippen LogP contribution < -0.4 is 9.47 Å². The Kier molecular flexibility index (Phi) is 7.57. The maximum absolute atomic E-state index is 13.5. The molecule has 0 spiro atoms. The van der Waals surface area contributed by atoms with E-state index in [1.807, 2.05) is 65.6 Å². The van der Waals surface area contributed by atoms with Crippen molar-refractivity contribution in [1.82, 2.24) is 4.90 Å². The molecule has 32 heavy (non-hydrogen) atoms. The summed E-state index contributed by atoms with van der Waals surface area (Å²) in [5.41, 5.74) is 4.11. The average molecular weight is 432 g/mol. The van der Waals surface area contributed by atoms with Gasteiger partial charge in [-0.2, -0.15) is 0 Å². The Morgan fingerprint density at radius 2 is 1.50 bits per heavy atom. The molecule has 0 aliphatic heterocycles. The monoisotopic (exact) mass is 431 g/mol. The van der Waals surface area contributed by atoms with Crippen LogP contribution in [0.4, 0.5) is 0 Å². The maximum atomic E-state index is 13.5. The van der Waals surface area contributed by atoms with Crippen LogP contribution in [0.2, 0.25) is 0 Å². The highest BCUT2D eigenvalue weighted by Gasteiger charge is 2.19. The van der Waals surface area contributed by atoms with Crippen LogP contribution in [0.3, 0.4) is 0 Å². The van der Waals surface area contributed by atoms with Crippen LogP contribution in [0, 0.1) is 0 Å². The SMILES string of the molecule is COc1ccc(CN(CCc2ccccc2OC)C(=O)c2ccc(C(C)(C)C)cc2)cc1. The average Bonchev–Trinajstić information content (AvgIpc) is 2.81. The van der Waals surface area contributed by atoms with Gasteiger partial charge in [-0.25, -0.2) is 0 Å². The van der Waals surface area contributed by atoms with E-state index < -0.39 is 0 Å². The third kappa shape index (κ3) is 5.91. The molecular weight excluding hydrogens is 398 g/mol. The molecule has 0 aromatic heterocycles. The molecule has 0 bridgehead atoms. The lowest BCUT2D eigenvalue weighted by Crippen LogP contribution is -2.32. The Morgan fingerprint density at radius 3 is 2.09 bits per heavy atom. The van der Waals surface area contributed by atoms with Crippen LogP contribution in [0.5, 0.6) is 11.5 Å². The molecule has 3 aromatic rings. The maximum Gasteiger partial charge on any atom is 0.254 e. The number of amides is 1. The Morgan fingerprint density at radius 1 is 0.844 bits per heavy atom. The molecule has 3 rings (SSSR count). The van der Waals surface area contributed by atoms with Crippen molar-refractivity contribution in [3.05, 3.63) is 95.1 Å². The molecular formula is C28H33NO3. The van der Waals surface area contributed by atoms with Crippen LogP contribution >= 0.6 is 0 Å². The van der Waals surface area contributed by atoms with Gasteiger partial charge in [-0.05, 0) is 58.9 Å². The van der Waals surface area contributed by atoms with Crippen LogP contribution in [-0.4, -0.2) is 31.6 Å². The topological polar surface area (TPSA) is 38.8 Å². The second kappa shape index (κ2) is 10.4. The number of para-hydroxylation sites is 1. The van der Waals surface area contributed by atoms with E-state index in [4.69, 9.17) is 9.47 Å². The molecule has 4 heteroatoms. The highest BCUT2D eigenvalue weighted by molar-refractivity contribution is 5.94. The fourth-order valence-electron chi connectivity index (χ4n) is 3.66. The van der Waals surface area contributed by atoms with E-state index in [1.165, 1.54) is 5.56 Å². The molecule has 168 valence electrons.